The number of aromatic nitrogens is 2. The maximum atomic E-state index is 11.7. The van der Waals surface area contributed by atoms with E-state index >= 15 is 0 Å². The quantitative estimate of drug-likeness (QED) is 0.774. The van der Waals surface area contributed by atoms with E-state index in [1.165, 1.54) is 0 Å². The summed E-state index contributed by atoms with van der Waals surface area (Å²) in [6, 6.07) is 0.219. The fourth-order valence-electron chi connectivity index (χ4n) is 2.37. The molecule has 1 unspecified atom stereocenters. The molecule has 7 nitrogen and oxygen atoms in total. The van der Waals surface area contributed by atoms with Crippen molar-refractivity contribution in [1.29, 1.82) is 0 Å². The van der Waals surface area contributed by atoms with Crippen LogP contribution in [0.25, 0.3) is 0 Å². The Morgan fingerprint density at radius 1 is 1.43 bits per heavy atom. The van der Waals surface area contributed by atoms with Crippen molar-refractivity contribution < 1.29 is 9.53 Å². The lowest BCUT2D eigenvalue weighted by molar-refractivity contribution is 0.0209. The summed E-state index contributed by atoms with van der Waals surface area (Å²) in [5.41, 5.74) is 1.12. The normalized spacial score (nSPS) is 17.4. The van der Waals surface area contributed by atoms with Crippen molar-refractivity contribution in [2.45, 2.75) is 19.4 Å². The predicted molar refractivity (Wildman–Crippen MR) is 80.2 cm³/mol. The van der Waals surface area contributed by atoms with Gasteiger partial charge in [0.25, 0.3) is 0 Å². The van der Waals surface area contributed by atoms with Crippen LogP contribution in [0.4, 0.5) is 4.79 Å². The molecule has 0 radical (unpaired) electrons. The van der Waals surface area contributed by atoms with Gasteiger partial charge in [-0.25, -0.2) is 4.79 Å². The van der Waals surface area contributed by atoms with Crippen molar-refractivity contribution in [3.8, 4) is 0 Å². The number of morpholine rings is 1. The molecule has 1 aromatic heterocycles. The van der Waals surface area contributed by atoms with Gasteiger partial charge in [-0.15, -0.1) is 0 Å². The standard InChI is InChI=1S/C14H25N5O2/c1-12(19-5-7-21-8-6-19)9-16-14(20)15-4-3-13-10-17-18(2)11-13/h10-12H,3-9H2,1-2H3,(H2,15,16,20). The summed E-state index contributed by atoms with van der Waals surface area (Å²) >= 11 is 0. The zero-order valence-electron chi connectivity index (χ0n) is 12.8. The first kappa shape index (κ1) is 15.8. The maximum Gasteiger partial charge on any atom is 0.314 e. The molecule has 118 valence electrons. The fourth-order valence-corrected chi connectivity index (χ4v) is 2.37. The molecular formula is C14H25N5O2. The molecule has 1 aliphatic rings. The third kappa shape index (κ3) is 5.35. The Kier molecular flexibility index (Phi) is 6.01. The second-order valence-electron chi connectivity index (χ2n) is 5.41. The van der Waals surface area contributed by atoms with E-state index in [1.807, 2.05) is 19.4 Å². The Balaban J connectivity index is 1.58. The summed E-state index contributed by atoms with van der Waals surface area (Å²) in [5, 5.41) is 9.88. The van der Waals surface area contributed by atoms with Gasteiger partial charge < -0.3 is 15.4 Å². The summed E-state index contributed by atoms with van der Waals surface area (Å²) in [7, 11) is 1.89. The predicted octanol–water partition coefficient (Wildman–Crippen LogP) is -0.0175. The van der Waals surface area contributed by atoms with Crippen LogP contribution in [0.5, 0.6) is 0 Å². The summed E-state index contributed by atoms with van der Waals surface area (Å²) in [6.07, 6.45) is 4.57. The lowest BCUT2D eigenvalue weighted by atomic mass is 10.2. The van der Waals surface area contributed by atoms with Crippen LogP contribution in [-0.2, 0) is 18.2 Å². The van der Waals surface area contributed by atoms with E-state index in [0.717, 1.165) is 38.3 Å². The summed E-state index contributed by atoms with van der Waals surface area (Å²) in [6.45, 7) is 6.82. The molecule has 0 saturated carbocycles. The smallest absolute Gasteiger partial charge is 0.314 e. The minimum atomic E-state index is -0.112. The first-order valence-electron chi connectivity index (χ1n) is 7.46. The highest BCUT2D eigenvalue weighted by Crippen LogP contribution is 2.02. The second kappa shape index (κ2) is 7.99. The van der Waals surface area contributed by atoms with Crippen LogP contribution in [0, 0.1) is 0 Å². The molecule has 0 spiro atoms. The number of carbonyl (C=O) groups is 1. The van der Waals surface area contributed by atoms with Gasteiger partial charge in [-0.2, -0.15) is 5.10 Å². The van der Waals surface area contributed by atoms with Crippen LogP contribution in [0.15, 0.2) is 12.4 Å². The van der Waals surface area contributed by atoms with Gasteiger partial charge in [0.05, 0.1) is 19.4 Å². The number of carbonyl (C=O) groups excluding carboxylic acids is 1. The number of urea groups is 1. The first-order chi connectivity index (χ1) is 10.1. The van der Waals surface area contributed by atoms with Gasteiger partial charge in [-0.05, 0) is 18.9 Å². The van der Waals surface area contributed by atoms with E-state index in [0.29, 0.717) is 19.1 Å². The third-order valence-electron chi connectivity index (χ3n) is 3.68. The molecular weight excluding hydrogens is 270 g/mol. The van der Waals surface area contributed by atoms with Gasteiger partial charge in [-0.1, -0.05) is 0 Å². The molecule has 1 atom stereocenters. The lowest BCUT2D eigenvalue weighted by Crippen LogP contribution is -2.49. The van der Waals surface area contributed by atoms with Crippen LogP contribution in [0.1, 0.15) is 12.5 Å². The minimum Gasteiger partial charge on any atom is -0.379 e. The van der Waals surface area contributed by atoms with Gasteiger partial charge in [0.2, 0.25) is 0 Å². The lowest BCUT2D eigenvalue weighted by Gasteiger charge is -2.32. The number of aryl methyl sites for hydroxylation is 1. The Hall–Kier alpha value is -1.60. The molecule has 1 saturated heterocycles. The van der Waals surface area contributed by atoms with Crippen LogP contribution in [0.3, 0.4) is 0 Å². The third-order valence-corrected chi connectivity index (χ3v) is 3.68. The number of hydrogen-bond donors (Lipinski definition) is 2. The topological polar surface area (TPSA) is 71.4 Å². The molecule has 0 bridgehead atoms. The molecule has 0 aliphatic carbocycles. The fraction of sp³-hybridized carbons (Fsp3) is 0.714. The highest BCUT2D eigenvalue weighted by Gasteiger charge is 2.17. The molecule has 1 aromatic rings. The number of rotatable bonds is 6. The monoisotopic (exact) mass is 295 g/mol. The molecule has 2 rings (SSSR count). The van der Waals surface area contributed by atoms with Crippen molar-refractivity contribution in [1.82, 2.24) is 25.3 Å². The maximum absolute atomic E-state index is 11.7. The molecule has 1 fully saturated rings. The van der Waals surface area contributed by atoms with Crippen LogP contribution in [0.2, 0.25) is 0 Å². The summed E-state index contributed by atoms with van der Waals surface area (Å²) < 4.78 is 7.09. The Morgan fingerprint density at radius 2 is 2.19 bits per heavy atom. The van der Waals surface area contributed by atoms with Crippen molar-refractivity contribution in [3.05, 3.63) is 18.0 Å². The minimum absolute atomic E-state index is 0.112. The van der Waals surface area contributed by atoms with E-state index in [1.54, 1.807) is 4.68 Å². The number of nitrogens with zero attached hydrogens (tertiary/aromatic N) is 3. The van der Waals surface area contributed by atoms with E-state index in [2.05, 4.69) is 27.6 Å². The Morgan fingerprint density at radius 3 is 2.86 bits per heavy atom. The highest BCUT2D eigenvalue weighted by atomic mass is 16.5. The molecule has 0 aromatic carbocycles. The summed E-state index contributed by atoms with van der Waals surface area (Å²) in [4.78, 5) is 14.1. The highest BCUT2D eigenvalue weighted by molar-refractivity contribution is 5.73. The molecule has 2 heterocycles. The second-order valence-corrected chi connectivity index (χ2v) is 5.41. The van der Waals surface area contributed by atoms with Crippen LogP contribution >= 0.6 is 0 Å². The van der Waals surface area contributed by atoms with Crippen molar-refractivity contribution in [3.63, 3.8) is 0 Å². The van der Waals surface area contributed by atoms with Gasteiger partial charge in [0, 0.05) is 45.5 Å². The molecule has 2 amide bonds. The van der Waals surface area contributed by atoms with Gasteiger partial charge >= 0.3 is 6.03 Å². The first-order valence-corrected chi connectivity index (χ1v) is 7.46. The van der Waals surface area contributed by atoms with Gasteiger partial charge in [0.1, 0.15) is 0 Å². The Labute approximate surface area is 125 Å². The largest absolute Gasteiger partial charge is 0.379 e. The SMILES string of the molecule is CC(CNC(=O)NCCc1cnn(C)c1)N1CCOCC1. The summed E-state index contributed by atoms with van der Waals surface area (Å²) in [5.74, 6) is 0. The van der Waals surface area contributed by atoms with Crippen LogP contribution in [-0.4, -0.2) is 66.1 Å². The number of amides is 2. The Bertz CT molecular complexity index is 442. The average molecular weight is 295 g/mol. The number of ether oxygens (including phenoxy) is 1. The number of hydrogen-bond acceptors (Lipinski definition) is 4. The van der Waals surface area contributed by atoms with E-state index in [9.17, 15) is 4.79 Å². The van der Waals surface area contributed by atoms with E-state index < -0.39 is 0 Å². The van der Waals surface area contributed by atoms with Crippen molar-refractivity contribution >= 4 is 6.03 Å². The van der Waals surface area contributed by atoms with Gasteiger partial charge in [0.15, 0.2) is 0 Å². The van der Waals surface area contributed by atoms with Crippen LogP contribution < -0.4 is 10.6 Å². The molecule has 1 aliphatic heterocycles. The number of nitrogens with one attached hydrogen (secondary N) is 2. The van der Waals surface area contributed by atoms with Gasteiger partial charge in [-0.3, -0.25) is 9.58 Å². The molecule has 21 heavy (non-hydrogen) atoms. The van der Waals surface area contributed by atoms with Crippen molar-refractivity contribution in [2.24, 2.45) is 7.05 Å². The van der Waals surface area contributed by atoms with E-state index in [4.69, 9.17) is 4.74 Å². The zero-order valence-corrected chi connectivity index (χ0v) is 12.8. The molecule has 7 heteroatoms. The van der Waals surface area contributed by atoms with Crippen molar-refractivity contribution in [2.75, 3.05) is 39.4 Å². The van der Waals surface area contributed by atoms with E-state index in [-0.39, 0.29) is 6.03 Å². The zero-order chi connectivity index (χ0) is 15.1. The molecule has 2 N–H and O–H groups in total. The average Bonchev–Trinajstić information content (AvgIpc) is 2.91.